The van der Waals surface area contributed by atoms with E-state index in [0.29, 0.717) is 28.7 Å². The predicted octanol–water partition coefficient (Wildman–Crippen LogP) is 12.1. The molecule has 0 radical (unpaired) electrons. The topological polar surface area (TPSA) is 60.9 Å². The van der Waals surface area contributed by atoms with Crippen molar-refractivity contribution >= 4 is 27.5 Å². The third-order valence-corrected chi connectivity index (χ3v) is 12.8. The lowest BCUT2D eigenvalue weighted by molar-refractivity contribution is -0.00518. The molecule has 0 saturated heterocycles. The fourth-order valence-electron chi connectivity index (χ4n) is 10.6. The largest absolute Gasteiger partial charge is 0.278 e. The highest BCUT2D eigenvalue weighted by atomic mass is 15.2. The Bertz CT molecular complexity index is 2740. The fraction of sp³-hybridized carbons (Fsp3) is 0.204. The van der Waals surface area contributed by atoms with Crippen LogP contribution in [0.4, 0.5) is 5.69 Å². The van der Waals surface area contributed by atoms with E-state index in [2.05, 4.69) is 105 Å². The molecular formula is C49H38N6. The molecular weight excluding hydrogens is 673 g/mol. The van der Waals surface area contributed by atoms with E-state index in [9.17, 15) is 0 Å². The third kappa shape index (κ3) is 5.45. The molecule has 0 atom stereocenters. The molecule has 55 heavy (non-hydrogen) atoms. The minimum absolute atomic E-state index is 0.400. The lowest BCUT2D eigenvalue weighted by atomic mass is 9.48. The molecule has 4 bridgehead atoms. The van der Waals surface area contributed by atoms with Crippen LogP contribution in [0.3, 0.4) is 0 Å². The molecule has 5 aromatic carbocycles. The number of hydrogen-bond acceptors (Lipinski definition) is 4. The maximum absolute atomic E-state index is 7.47. The van der Waals surface area contributed by atoms with Crippen LogP contribution >= 0.6 is 0 Å². The number of nitrogens with zero attached hydrogens (tertiary/aromatic N) is 6. The Balaban J connectivity index is 1.00. The molecule has 6 heteroatoms. The molecule has 0 aliphatic heterocycles. The second kappa shape index (κ2) is 12.6. The second-order valence-corrected chi connectivity index (χ2v) is 16.1. The quantitative estimate of drug-likeness (QED) is 0.161. The van der Waals surface area contributed by atoms with Gasteiger partial charge in [0.25, 0.3) is 0 Å². The summed E-state index contributed by atoms with van der Waals surface area (Å²) in [5.74, 6) is 4.46. The SMILES string of the molecule is [C-]#[N+]c1ccc(-c2nc(-c3ccc(-c4ccc(C56CC7CC(CC(C7)C5)C6)cc4)cc3)nc(-n3c4ccncc4c4ccc(-c5ccccc5)cc43)n2)cc1. The van der Waals surface area contributed by atoms with Gasteiger partial charge in [-0.2, -0.15) is 9.97 Å². The molecule has 12 rings (SSSR count). The molecule has 0 N–H and O–H groups in total. The van der Waals surface area contributed by atoms with Crippen molar-refractivity contribution in [3.05, 3.63) is 157 Å². The summed E-state index contributed by atoms with van der Waals surface area (Å²) in [4.78, 5) is 23.4. The summed E-state index contributed by atoms with van der Waals surface area (Å²) < 4.78 is 2.13. The first kappa shape index (κ1) is 32.0. The lowest BCUT2D eigenvalue weighted by Gasteiger charge is -2.57. The van der Waals surface area contributed by atoms with Gasteiger partial charge >= 0.3 is 0 Å². The molecule has 3 heterocycles. The Labute approximate surface area is 320 Å². The van der Waals surface area contributed by atoms with Crippen LogP contribution in [0.2, 0.25) is 0 Å². The normalized spacial score (nSPS) is 21.3. The van der Waals surface area contributed by atoms with Crippen molar-refractivity contribution in [1.29, 1.82) is 0 Å². The van der Waals surface area contributed by atoms with Crippen LogP contribution in [-0.4, -0.2) is 24.5 Å². The molecule has 3 aromatic heterocycles. The van der Waals surface area contributed by atoms with Gasteiger partial charge in [0.05, 0.1) is 17.6 Å². The standard InChI is InChI=1S/C49H38N6/c1-50-41-18-13-38(14-19-41)47-52-46(37-9-7-35(8-10-37)36-11-16-40(17-12-36)49-27-31-23-32(28-49)25-33(24-31)29-49)53-48(54-47)55-44-21-22-51-30-43(44)42-20-15-39(26-45(42)55)34-5-3-2-4-6-34/h2-22,26,30-33H,23-25,27-29H2. The Morgan fingerprint density at radius 2 is 1.11 bits per heavy atom. The number of fused-ring (bicyclic) bond motifs is 3. The Hall–Kier alpha value is -6.45. The summed E-state index contributed by atoms with van der Waals surface area (Å²) in [7, 11) is 0. The van der Waals surface area contributed by atoms with E-state index in [-0.39, 0.29) is 0 Å². The summed E-state index contributed by atoms with van der Waals surface area (Å²) in [5, 5.41) is 2.10. The van der Waals surface area contributed by atoms with Gasteiger partial charge in [0, 0.05) is 34.3 Å². The minimum Gasteiger partial charge on any atom is -0.278 e. The van der Waals surface area contributed by atoms with Crippen molar-refractivity contribution in [2.45, 2.75) is 43.9 Å². The average Bonchev–Trinajstić information content (AvgIpc) is 3.57. The molecule has 4 aliphatic carbocycles. The maximum Gasteiger partial charge on any atom is 0.238 e. The molecule has 0 amide bonds. The first-order valence-corrected chi connectivity index (χ1v) is 19.5. The van der Waals surface area contributed by atoms with Gasteiger partial charge in [-0.1, -0.05) is 115 Å². The summed E-state index contributed by atoms with van der Waals surface area (Å²) in [6.45, 7) is 7.47. The minimum atomic E-state index is 0.400. The zero-order chi connectivity index (χ0) is 36.5. The highest BCUT2D eigenvalue weighted by Gasteiger charge is 2.51. The Morgan fingerprint density at radius 1 is 0.545 bits per heavy atom. The van der Waals surface area contributed by atoms with E-state index >= 15 is 0 Å². The van der Waals surface area contributed by atoms with E-state index in [1.807, 2.05) is 48.8 Å². The van der Waals surface area contributed by atoms with Crippen LogP contribution in [0.1, 0.15) is 44.1 Å². The fourth-order valence-corrected chi connectivity index (χ4v) is 10.6. The van der Waals surface area contributed by atoms with Gasteiger partial charge in [0.15, 0.2) is 17.3 Å². The summed E-state index contributed by atoms with van der Waals surface area (Å²) >= 11 is 0. The van der Waals surface area contributed by atoms with Gasteiger partial charge in [0.1, 0.15) is 0 Å². The van der Waals surface area contributed by atoms with Crippen LogP contribution in [0.15, 0.2) is 140 Å². The van der Waals surface area contributed by atoms with E-state index in [1.54, 1.807) is 5.56 Å². The summed E-state index contributed by atoms with van der Waals surface area (Å²) in [6, 6.07) is 44.5. The van der Waals surface area contributed by atoms with E-state index < -0.39 is 0 Å². The van der Waals surface area contributed by atoms with Crippen LogP contribution in [-0.2, 0) is 5.41 Å². The number of hydrogen-bond donors (Lipinski definition) is 0. The van der Waals surface area contributed by atoms with Gasteiger partial charge in [-0.15, -0.1) is 0 Å². The van der Waals surface area contributed by atoms with E-state index in [1.165, 1.54) is 49.7 Å². The lowest BCUT2D eigenvalue weighted by Crippen LogP contribution is -2.48. The molecule has 8 aromatic rings. The maximum atomic E-state index is 7.47. The van der Waals surface area contributed by atoms with E-state index in [0.717, 1.165) is 61.8 Å². The summed E-state index contributed by atoms with van der Waals surface area (Å²) in [6.07, 6.45) is 12.3. The number of pyridine rings is 1. The van der Waals surface area contributed by atoms with Crippen molar-refractivity contribution in [3.8, 4) is 51.0 Å². The van der Waals surface area contributed by atoms with Crippen LogP contribution in [0.5, 0.6) is 0 Å². The van der Waals surface area contributed by atoms with Crippen molar-refractivity contribution in [2.75, 3.05) is 0 Å². The molecule has 4 saturated carbocycles. The monoisotopic (exact) mass is 710 g/mol. The van der Waals surface area contributed by atoms with Crippen LogP contribution < -0.4 is 0 Å². The van der Waals surface area contributed by atoms with Crippen molar-refractivity contribution in [3.63, 3.8) is 0 Å². The van der Waals surface area contributed by atoms with Gasteiger partial charge in [-0.25, -0.2) is 9.83 Å². The van der Waals surface area contributed by atoms with Crippen molar-refractivity contribution < 1.29 is 0 Å². The van der Waals surface area contributed by atoms with Gasteiger partial charge in [0.2, 0.25) is 5.95 Å². The highest BCUT2D eigenvalue weighted by Crippen LogP contribution is 2.60. The first-order chi connectivity index (χ1) is 27.1. The number of rotatable bonds is 6. The molecule has 4 aliphatic rings. The Kier molecular flexibility index (Phi) is 7.32. The Morgan fingerprint density at radius 3 is 1.75 bits per heavy atom. The van der Waals surface area contributed by atoms with Gasteiger partial charge in [-0.3, -0.25) is 9.55 Å². The third-order valence-electron chi connectivity index (χ3n) is 12.8. The molecule has 264 valence electrons. The van der Waals surface area contributed by atoms with Crippen LogP contribution in [0, 0.1) is 24.3 Å². The smallest absolute Gasteiger partial charge is 0.238 e. The molecule has 0 spiro atoms. The van der Waals surface area contributed by atoms with Gasteiger partial charge < -0.3 is 0 Å². The number of benzene rings is 5. The van der Waals surface area contributed by atoms with Crippen LogP contribution in [0.25, 0.3) is 77.6 Å². The highest BCUT2D eigenvalue weighted by molar-refractivity contribution is 6.09. The predicted molar refractivity (Wildman–Crippen MR) is 220 cm³/mol. The van der Waals surface area contributed by atoms with Crippen molar-refractivity contribution in [1.82, 2.24) is 24.5 Å². The van der Waals surface area contributed by atoms with E-state index in [4.69, 9.17) is 21.5 Å². The summed E-state index contributed by atoms with van der Waals surface area (Å²) in [5.41, 5.74) is 10.9. The van der Waals surface area contributed by atoms with Gasteiger partial charge in [-0.05, 0) is 102 Å². The molecule has 0 unspecified atom stereocenters. The zero-order valence-electron chi connectivity index (χ0n) is 30.4. The average molecular weight is 711 g/mol. The first-order valence-electron chi connectivity index (χ1n) is 19.5. The molecule has 4 fully saturated rings. The number of aromatic nitrogens is 5. The second-order valence-electron chi connectivity index (χ2n) is 16.1. The zero-order valence-corrected chi connectivity index (χ0v) is 30.4. The molecule has 6 nitrogen and oxygen atoms in total. The van der Waals surface area contributed by atoms with Crippen molar-refractivity contribution in [2.24, 2.45) is 17.8 Å².